The van der Waals surface area contributed by atoms with Crippen LogP contribution in [0.25, 0.3) is 10.9 Å². The number of nitrogens with zero attached hydrogens (tertiary/aromatic N) is 2. The van der Waals surface area contributed by atoms with Gasteiger partial charge in [-0.15, -0.1) is 11.8 Å². The van der Waals surface area contributed by atoms with Crippen molar-refractivity contribution in [2.24, 2.45) is 17.6 Å². The van der Waals surface area contributed by atoms with Gasteiger partial charge in [-0.25, -0.2) is 0 Å². The lowest BCUT2D eigenvalue weighted by atomic mass is 9.81. The fraction of sp³-hybridized carbons (Fsp3) is 0.407. The molecule has 0 amide bonds. The summed E-state index contributed by atoms with van der Waals surface area (Å²) in [4.78, 5) is 20.0. The van der Waals surface area contributed by atoms with Crippen molar-refractivity contribution in [3.63, 3.8) is 0 Å². The summed E-state index contributed by atoms with van der Waals surface area (Å²) < 4.78 is 5.37. The molecule has 2 heterocycles. The summed E-state index contributed by atoms with van der Waals surface area (Å²) in [5.74, 6) is 0.656. The number of pyridine rings is 1. The number of piperidine rings is 1. The van der Waals surface area contributed by atoms with Crippen LogP contribution in [0.15, 0.2) is 59.6 Å². The maximum absolute atomic E-state index is 12.1. The number of fused-ring (bicyclic) bond motifs is 1. The second kappa shape index (κ2) is 12.1. The molecule has 0 saturated carbocycles. The highest BCUT2D eigenvalue weighted by Crippen LogP contribution is 2.36. The number of rotatable bonds is 10. The first kappa shape index (κ1) is 25.8. The SMILES string of the molecule is COc1ccc2ncc(Cl)c([C@@H](N)CC[C@H]3CCN(CCSc4ccccc4)C[C@H]3C(=O)O)c2c1. The lowest BCUT2D eigenvalue weighted by Gasteiger charge is -2.37. The normalized spacial score (nSPS) is 19.5. The highest BCUT2D eigenvalue weighted by atomic mass is 35.5. The zero-order chi connectivity index (χ0) is 24.8. The molecule has 1 fully saturated rings. The third-order valence-corrected chi connectivity index (χ3v) is 8.16. The van der Waals surface area contributed by atoms with E-state index < -0.39 is 5.97 Å². The Morgan fingerprint density at radius 3 is 2.86 bits per heavy atom. The summed E-state index contributed by atoms with van der Waals surface area (Å²) in [6.07, 6.45) is 3.90. The van der Waals surface area contributed by atoms with Crippen LogP contribution in [-0.2, 0) is 4.79 Å². The predicted octanol–water partition coefficient (Wildman–Crippen LogP) is 5.49. The number of methoxy groups -OCH3 is 1. The largest absolute Gasteiger partial charge is 0.497 e. The van der Waals surface area contributed by atoms with Crippen LogP contribution in [0.1, 0.15) is 30.9 Å². The molecule has 35 heavy (non-hydrogen) atoms. The van der Waals surface area contributed by atoms with Crippen LogP contribution in [0.2, 0.25) is 5.02 Å². The summed E-state index contributed by atoms with van der Waals surface area (Å²) in [5, 5.41) is 11.4. The minimum atomic E-state index is -0.721. The van der Waals surface area contributed by atoms with Crippen LogP contribution in [0.4, 0.5) is 0 Å². The zero-order valence-electron chi connectivity index (χ0n) is 19.9. The number of aliphatic carboxylic acids is 1. The fourth-order valence-electron chi connectivity index (χ4n) is 4.92. The van der Waals surface area contributed by atoms with Crippen molar-refractivity contribution in [2.45, 2.75) is 30.2 Å². The minimum Gasteiger partial charge on any atom is -0.497 e. The van der Waals surface area contributed by atoms with E-state index in [0.29, 0.717) is 18.0 Å². The highest BCUT2D eigenvalue weighted by molar-refractivity contribution is 7.99. The van der Waals surface area contributed by atoms with Crippen molar-refractivity contribution in [3.05, 3.63) is 65.3 Å². The molecule has 0 bridgehead atoms. The molecule has 1 aliphatic heterocycles. The predicted molar refractivity (Wildman–Crippen MR) is 142 cm³/mol. The van der Waals surface area contributed by atoms with E-state index in [1.165, 1.54) is 4.90 Å². The molecule has 0 radical (unpaired) electrons. The summed E-state index contributed by atoms with van der Waals surface area (Å²) in [7, 11) is 1.62. The average molecular weight is 514 g/mol. The smallest absolute Gasteiger partial charge is 0.308 e. The Morgan fingerprint density at radius 2 is 2.11 bits per heavy atom. The monoisotopic (exact) mass is 513 g/mol. The Kier molecular flexibility index (Phi) is 8.89. The molecule has 3 aromatic rings. The molecule has 1 aromatic heterocycles. The summed E-state index contributed by atoms with van der Waals surface area (Å²) in [5.41, 5.74) is 8.28. The van der Waals surface area contributed by atoms with Gasteiger partial charge in [0.05, 0.1) is 23.6 Å². The molecule has 2 aromatic carbocycles. The van der Waals surface area contributed by atoms with Crippen molar-refractivity contribution in [1.82, 2.24) is 9.88 Å². The van der Waals surface area contributed by atoms with Crippen LogP contribution < -0.4 is 10.5 Å². The third kappa shape index (κ3) is 6.47. The molecule has 3 N–H and O–H groups in total. The number of nitrogens with two attached hydrogens (primary N) is 1. The maximum atomic E-state index is 12.1. The lowest BCUT2D eigenvalue weighted by molar-refractivity contribution is -0.146. The molecule has 1 aliphatic rings. The zero-order valence-corrected chi connectivity index (χ0v) is 21.5. The second-order valence-electron chi connectivity index (χ2n) is 9.04. The summed E-state index contributed by atoms with van der Waals surface area (Å²) in [6.45, 7) is 2.38. The number of halogens is 1. The van der Waals surface area contributed by atoms with Crippen molar-refractivity contribution in [1.29, 1.82) is 0 Å². The third-order valence-electron chi connectivity index (χ3n) is 6.86. The van der Waals surface area contributed by atoms with E-state index in [0.717, 1.165) is 53.9 Å². The van der Waals surface area contributed by atoms with Gasteiger partial charge in [0.1, 0.15) is 5.75 Å². The first-order valence-corrected chi connectivity index (χ1v) is 13.3. The van der Waals surface area contributed by atoms with Gasteiger partial charge >= 0.3 is 5.97 Å². The van der Waals surface area contributed by atoms with Crippen LogP contribution in [-0.4, -0.2) is 53.5 Å². The van der Waals surface area contributed by atoms with E-state index in [-0.39, 0.29) is 17.9 Å². The number of carboxylic acids is 1. The number of ether oxygens (including phenoxy) is 1. The number of likely N-dealkylation sites (tertiary alicyclic amines) is 1. The number of aromatic nitrogens is 1. The second-order valence-corrected chi connectivity index (χ2v) is 10.6. The van der Waals surface area contributed by atoms with E-state index in [2.05, 4.69) is 22.0 Å². The average Bonchev–Trinajstić information content (AvgIpc) is 2.87. The lowest BCUT2D eigenvalue weighted by Crippen LogP contribution is -2.44. The quantitative estimate of drug-likeness (QED) is 0.346. The van der Waals surface area contributed by atoms with Crippen molar-refractivity contribution in [3.8, 4) is 5.75 Å². The highest BCUT2D eigenvalue weighted by Gasteiger charge is 2.34. The molecule has 0 spiro atoms. The van der Waals surface area contributed by atoms with E-state index in [4.69, 9.17) is 22.1 Å². The van der Waals surface area contributed by atoms with Gasteiger partial charge in [0.15, 0.2) is 0 Å². The van der Waals surface area contributed by atoms with Gasteiger partial charge in [-0.1, -0.05) is 29.8 Å². The van der Waals surface area contributed by atoms with Crippen LogP contribution in [0.3, 0.4) is 0 Å². The molecule has 8 heteroatoms. The van der Waals surface area contributed by atoms with Crippen LogP contribution in [0, 0.1) is 11.8 Å². The number of carbonyl (C=O) groups is 1. The molecule has 1 saturated heterocycles. The Balaban J connectivity index is 1.37. The molecular weight excluding hydrogens is 482 g/mol. The number of benzene rings is 2. The maximum Gasteiger partial charge on any atom is 0.308 e. The van der Waals surface area contributed by atoms with Crippen molar-refractivity contribution in [2.75, 3.05) is 32.5 Å². The van der Waals surface area contributed by atoms with Gasteiger partial charge in [0, 0.05) is 41.4 Å². The molecule has 3 atom stereocenters. The van der Waals surface area contributed by atoms with Gasteiger partial charge in [-0.05, 0) is 67.6 Å². The Bertz CT molecular complexity index is 1150. The van der Waals surface area contributed by atoms with Crippen LogP contribution in [0.5, 0.6) is 5.75 Å². The van der Waals surface area contributed by atoms with Gasteiger partial charge in [0.25, 0.3) is 0 Å². The summed E-state index contributed by atoms with van der Waals surface area (Å²) in [6, 6.07) is 15.7. The molecule has 4 rings (SSSR count). The fourth-order valence-corrected chi connectivity index (χ4v) is 6.14. The van der Waals surface area contributed by atoms with Crippen LogP contribution >= 0.6 is 23.4 Å². The van der Waals surface area contributed by atoms with Gasteiger partial charge in [-0.2, -0.15) is 0 Å². The van der Waals surface area contributed by atoms with Gasteiger partial charge in [0.2, 0.25) is 0 Å². The molecule has 6 nitrogen and oxygen atoms in total. The molecule has 186 valence electrons. The van der Waals surface area contributed by atoms with Crippen molar-refractivity contribution >= 4 is 40.2 Å². The Labute approximate surface area is 215 Å². The topological polar surface area (TPSA) is 88.7 Å². The molecule has 0 aliphatic carbocycles. The number of hydrogen-bond donors (Lipinski definition) is 2. The molecular formula is C27H32ClN3O3S. The first-order valence-electron chi connectivity index (χ1n) is 12.0. The molecule has 0 unspecified atom stereocenters. The number of hydrogen-bond acceptors (Lipinski definition) is 6. The number of thioether (sulfide) groups is 1. The van der Waals surface area contributed by atoms with Crippen molar-refractivity contribution < 1.29 is 14.6 Å². The van der Waals surface area contributed by atoms with Gasteiger partial charge in [-0.3, -0.25) is 9.78 Å². The Hall–Kier alpha value is -2.32. The van der Waals surface area contributed by atoms with Gasteiger partial charge < -0.3 is 20.5 Å². The van der Waals surface area contributed by atoms with E-state index >= 15 is 0 Å². The number of carboxylic acid groups (broad SMARTS) is 1. The summed E-state index contributed by atoms with van der Waals surface area (Å²) >= 11 is 8.33. The first-order chi connectivity index (χ1) is 17.0. The van der Waals surface area contributed by atoms with E-state index in [9.17, 15) is 9.90 Å². The minimum absolute atomic E-state index is 0.0954. The van der Waals surface area contributed by atoms with E-state index in [1.807, 2.05) is 48.2 Å². The Morgan fingerprint density at radius 1 is 1.31 bits per heavy atom. The van der Waals surface area contributed by atoms with E-state index in [1.54, 1.807) is 13.3 Å². The standard InChI is InChI=1S/C27H32ClN3O3S/c1-34-19-8-10-25-21(15-19)26(23(28)16-30-25)24(29)9-7-18-11-12-31(17-22(18)27(32)33)13-14-35-20-5-3-2-4-6-20/h2-6,8,10,15-16,18,22,24H,7,9,11-14,17,29H2,1H3,(H,32,33)/t18-,22+,24-/m0/s1.